The Morgan fingerprint density at radius 3 is 2.81 bits per heavy atom. The highest BCUT2D eigenvalue weighted by Gasteiger charge is 2.17. The van der Waals surface area contributed by atoms with Crippen molar-refractivity contribution in [1.82, 2.24) is 14.4 Å². The molecule has 0 saturated carbocycles. The molecule has 2 aromatic carbocycles. The van der Waals surface area contributed by atoms with Crippen molar-refractivity contribution in [3.8, 4) is 11.3 Å². The van der Waals surface area contributed by atoms with E-state index in [4.69, 9.17) is 9.72 Å². The molecule has 0 unspecified atom stereocenters. The van der Waals surface area contributed by atoms with E-state index >= 15 is 0 Å². The first kappa shape index (κ1) is 15.3. The molecule has 2 aromatic heterocycles. The van der Waals surface area contributed by atoms with E-state index in [1.54, 1.807) is 0 Å². The predicted octanol–water partition coefficient (Wildman–Crippen LogP) is 4.14. The summed E-state index contributed by atoms with van der Waals surface area (Å²) in [6.45, 7) is 1.59. The highest BCUT2D eigenvalue weighted by molar-refractivity contribution is 5.96. The lowest BCUT2D eigenvalue weighted by molar-refractivity contribution is 0.0904. The third kappa shape index (κ3) is 2.70. The van der Waals surface area contributed by atoms with Crippen molar-refractivity contribution in [2.24, 2.45) is 0 Å². The van der Waals surface area contributed by atoms with E-state index in [2.05, 4.69) is 59.0 Å². The van der Waals surface area contributed by atoms with Crippen LogP contribution in [-0.2, 0) is 4.74 Å². The number of fused-ring (bicyclic) bond motifs is 2. The maximum atomic E-state index is 5.47. The SMILES string of the molecule is c1ccc2c(-c3cn4ccnc4c(NC4CCOCC4)n3)cccc2c1. The Labute approximate surface area is 151 Å². The fourth-order valence-corrected chi connectivity index (χ4v) is 3.64. The van der Waals surface area contributed by atoms with E-state index in [-0.39, 0.29) is 0 Å². The van der Waals surface area contributed by atoms with Gasteiger partial charge in [-0.2, -0.15) is 0 Å². The summed E-state index contributed by atoms with van der Waals surface area (Å²) in [5.41, 5.74) is 2.94. The Balaban J connectivity index is 1.64. The second-order valence-electron chi connectivity index (χ2n) is 6.69. The van der Waals surface area contributed by atoms with Gasteiger partial charge in [-0.25, -0.2) is 9.97 Å². The summed E-state index contributed by atoms with van der Waals surface area (Å²) in [5, 5.41) is 6.02. The van der Waals surface area contributed by atoms with Crippen molar-refractivity contribution < 1.29 is 4.74 Å². The number of imidazole rings is 1. The molecule has 5 nitrogen and oxygen atoms in total. The van der Waals surface area contributed by atoms with Crippen LogP contribution in [0.2, 0.25) is 0 Å². The second kappa shape index (κ2) is 6.42. The quantitative estimate of drug-likeness (QED) is 0.607. The third-order valence-electron chi connectivity index (χ3n) is 5.00. The summed E-state index contributed by atoms with van der Waals surface area (Å²) in [7, 11) is 0. The van der Waals surface area contributed by atoms with Gasteiger partial charge < -0.3 is 14.5 Å². The first-order chi connectivity index (χ1) is 12.9. The van der Waals surface area contributed by atoms with Crippen LogP contribution in [0.3, 0.4) is 0 Å². The second-order valence-corrected chi connectivity index (χ2v) is 6.69. The fourth-order valence-electron chi connectivity index (χ4n) is 3.64. The summed E-state index contributed by atoms with van der Waals surface area (Å²) < 4.78 is 7.52. The molecular formula is C21H20N4O. The average molecular weight is 344 g/mol. The van der Waals surface area contributed by atoms with E-state index < -0.39 is 0 Å². The van der Waals surface area contributed by atoms with Crippen LogP contribution >= 0.6 is 0 Å². The maximum absolute atomic E-state index is 5.47. The summed E-state index contributed by atoms with van der Waals surface area (Å²) in [4.78, 5) is 9.44. The van der Waals surface area contributed by atoms with Gasteiger partial charge in [-0.3, -0.25) is 0 Å². The Hall–Kier alpha value is -2.92. The maximum Gasteiger partial charge on any atom is 0.180 e. The molecule has 1 aliphatic rings. The van der Waals surface area contributed by atoms with Crippen molar-refractivity contribution in [1.29, 1.82) is 0 Å². The summed E-state index contributed by atoms with van der Waals surface area (Å²) in [5.74, 6) is 0.840. The van der Waals surface area contributed by atoms with Crippen molar-refractivity contribution in [2.75, 3.05) is 18.5 Å². The molecule has 4 aromatic rings. The molecule has 5 rings (SSSR count). The lowest BCUT2D eigenvalue weighted by Crippen LogP contribution is -2.28. The smallest absolute Gasteiger partial charge is 0.180 e. The van der Waals surface area contributed by atoms with Crippen molar-refractivity contribution in [3.63, 3.8) is 0 Å². The van der Waals surface area contributed by atoms with Crippen molar-refractivity contribution >= 4 is 22.2 Å². The minimum Gasteiger partial charge on any atom is -0.381 e. The summed E-state index contributed by atoms with van der Waals surface area (Å²) in [6, 6.07) is 15.1. The highest BCUT2D eigenvalue weighted by Crippen LogP contribution is 2.29. The van der Waals surface area contributed by atoms with Gasteiger partial charge in [-0.15, -0.1) is 0 Å². The van der Waals surface area contributed by atoms with Gasteiger partial charge in [0.1, 0.15) is 0 Å². The number of nitrogens with one attached hydrogen (secondary N) is 1. The summed E-state index contributed by atoms with van der Waals surface area (Å²) in [6.07, 6.45) is 7.83. The van der Waals surface area contributed by atoms with Gasteiger partial charge >= 0.3 is 0 Å². The van der Waals surface area contributed by atoms with Gasteiger partial charge in [0, 0.05) is 43.4 Å². The normalized spacial score (nSPS) is 15.5. The monoisotopic (exact) mass is 344 g/mol. The van der Waals surface area contributed by atoms with E-state index in [0.29, 0.717) is 6.04 Å². The number of nitrogens with zero attached hydrogens (tertiary/aromatic N) is 3. The van der Waals surface area contributed by atoms with Crippen LogP contribution in [0.4, 0.5) is 5.82 Å². The minimum absolute atomic E-state index is 0.375. The number of aromatic nitrogens is 3. The van der Waals surface area contributed by atoms with Crippen LogP contribution in [0.5, 0.6) is 0 Å². The van der Waals surface area contributed by atoms with Gasteiger partial charge in [0.2, 0.25) is 0 Å². The van der Waals surface area contributed by atoms with E-state index in [1.165, 1.54) is 10.8 Å². The molecule has 0 bridgehead atoms. The van der Waals surface area contributed by atoms with Crippen LogP contribution in [0.1, 0.15) is 12.8 Å². The number of hydrogen-bond donors (Lipinski definition) is 1. The predicted molar refractivity (Wildman–Crippen MR) is 103 cm³/mol. The molecular weight excluding hydrogens is 324 g/mol. The van der Waals surface area contributed by atoms with Crippen molar-refractivity contribution in [2.45, 2.75) is 18.9 Å². The Morgan fingerprint density at radius 2 is 1.88 bits per heavy atom. The van der Waals surface area contributed by atoms with Crippen LogP contribution in [-0.4, -0.2) is 33.6 Å². The number of anilines is 1. The van der Waals surface area contributed by atoms with Crippen LogP contribution in [0, 0.1) is 0 Å². The molecule has 130 valence electrons. The molecule has 1 aliphatic heterocycles. The molecule has 0 spiro atoms. The van der Waals surface area contributed by atoms with Crippen LogP contribution < -0.4 is 5.32 Å². The number of rotatable bonds is 3. The fraction of sp³-hybridized carbons (Fsp3) is 0.238. The minimum atomic E-state index is 0.375. The van der Waals surface area contributed by atoms with Crippen molar-refractivity contribution in [3.05, 3.63) is 61.1 Å². The zero-order valence-electron chi connectivity index (χ0n) is 14.4. The van der Waals surface area contributed by atoms with E-state index in [0.717, 1.165) is 48.8 Å². The standard InChI is InChI=1S/C21H20N4O/c1-2-6-17-15(4-1)5-3-7-18(17)19-14-25-11-10-22-21(25)20(24-19)23-16-8-12-26-13-9-16/h1-7,10-11,14,16H,8-9,12-13H2,(H,23,24). The molecule has 1 fully saturated rings. The average Bonchev–Trinajstić information content (AvgIpc) is 3.17. The first-order valence-electron chi connectivity index (χ1n) is 9.04. The molecule has 1 N–H and O–H groups in total. The largest absolute Gasteiger partial charge is 0.381 e. The third-order valence-corrected chi connectivity index (χ3v) is 5.00. The molecule has 0 aliphatic carbocycles. The summed E-state index contributed by atoms with van der Waals surface area (Å²) >= 11 is 0. The number of ether oxygens (including phenoxy) is 1. The molecule has 0 atom stereocenters. The Morgan fingerprint density at radius 1 is 1.04 bits per heavy atom. The molecule has 5 heteroatoms. The topological polar surface area (TPSA) is 51.5 Å². The Kier molecular flexibility index (Phi) is 3.79. The van der Waals surface area contributed by atoms with Gasteiger partial charge in [0.05, 0.1) is 5.69 Å². The molecule has 0 amide bonds. The molecule has 1 saturated heterocycles. The lowest BCUT2D eigenvalue weighted by atomic mass is 10.0. The van der Waals surface area contributed by atoms with Gasteiger partial charge in [-0.05, 0) is 23.6 Å². The van der Waals surface area contributed by atoms with Crippen LogP contribution in [0.15, 0.2) is 61.1 Å². The first-order valence-corrected chi connectivity index (χ1v) is 9.04. The highest BCUT2D eigenvalue weighted by atomic mass is 16.5. The van der Waals surface area contributed by atoms with Gasteiger partial charge in [0.25, 0.3) is 0 Å². The zero-order valence-corrected chi connectivity index (χ0v) is 14.4. The number of benzene rings is 2. The zero-order chi connectivity index (χ0) is 17.3. The lowest BCUT2D eigenvalue weighted by Gasteiger charge is -2.24. The van der Waals surface area contributed by atoms with E-state index in [9.17, 15) is 0 Å². The number of hydrogen-bond acceptors (Lipinski definition) is 4. The molecule has 3 heterocycles. The van der Waals surface area contributed by atoms with Gasteiger partial charge in [0.15, 0.2) is 11.5 Å². The molecule has 26 heavy (non-hydrogen) atoms. The van der Waals surface area contributed by atoms with Crippen LogP contribution in [0.25, 0.3) is 27.7 Å². The Bertz CT molecular complexity index is 1060. The molecule has 0 radical (unpaired) electrons. The van der Waals surface area contributed by atoms with E-state index in [1.807, 2.05) is 16.8 Å². The van der Waals surface area contributed by atoms with Gasteiger partial charge in [-0.1, -0.05) is 42.5 Å².